The van der Waals surface area contributed by atoms with E-state index in [2.05, 4.69) is 16.9 Å². The van der Waals surface area contributed by atoms with Gasteiger partial charge in [0.15, 0.2) is 0 Å². The number of nitrogens with one attached hydrogen (secondary N) is 2. The smallest absolute Gasteiger partial charge is 0.302 e. The van der Waals surface area contributed by atoms with E-state index in [0.717, 1.165) is 24.1 Å². The van der Waals surface area contributed by atoms with Crippen molar-refractivity contribution < 1.29 is 9.53 Å². The Morgan fingerprint density at radius 1 is 1.58 bits per heavy atom. The Labute approximate surface area is 113 Å². The van der Waals surface area contributed by atoms with E-state index in [1.807, 2.05) is 13.1 Å². The molecule has 0 amide bonds. The van der Waals surface area contributed by atoms with E-state index in [-0.39, 0.29) is 18.1 Å². The average molecular weight is 263 g/mol. The summed E-state index contributed by atoms with van der Waals surface area (Å²) in [5.74, 6) is -0.232. The van der Waals surface area contributed by atoms with Crippen LogP contribution in [-0.4, -0.2) is 23.6 Å². The van der Waals surface area contributed by atoms with Gasteiger partial charge in [0, 0.05) is 30.9 Å². The number of H-pyrrole nitrogens is 1. The largest absolute Gasteiger partial charge is 0.464 e. The number of rotatable bonds is 4. The van der Waals surface area contributed by atoms with Crippen LogP contribution in [0.3, 0.4) is 0 Å². The summed E-state index contributed by atoms with van der Waals surface area (Å²) in [5.41, 5.74) is 9.54. The molecule has 0 saturated carbocycles. The Bertz CT molecular complexity index is 493. The first-order chi connectivity index (χ1) is 8.99. The molecule has 1 aromatic heterocycles. The van der Waals surface area contributed by atoms with Crippen molar-refractivity contribution >= 4 is 11.7 Å². The van der Waals surface area contributed by atoms with Crippen molar-refractivity contribution in [3.05, 3.63) is 29.6 Å². The summed E-state index contributed by atoms with van der Waals surface area (Å²) in [7, 11) is 0. The van der Waals surface area contributed by atoms with Gasteiger partial charge in [-0.2, -0.15) is 0 Å². The fourth-order valence-corrected chi connectivity index (χ4v) is 2.62. The minimum atomic E-state index is -0.232. The summed E-state index contributed by atoms with van der Waals surface area (Å²) in [6.07, 6.45) is 4.01. The molecule has 0 aromatic carbocycles. The van der Waals surface area contributed by atoms with Crippen LogP contribution in [0.1, 0.15) is 42.6 Å². The predicted octanol–water partition coefficient (Wildman–Crippen LogP) is 1.61. The van der Waals surface area contributed by atoms with Gasteiger partial charge in [-0.05, 0) is 30.9 Å². The van der Waals surface area contributed by atoms with Crippen molar-refractivity contribution in [2.24, 2.45) is 5.73 Å². The molecule has 1 fully saturated rings. The molecule has 2 heterocycles. The first-order valence-corrected chi connectivity index (χ1v) is 6.51. The molecule has 5 nitrogen and oxygen atoms in total. The number of carbonyl (C=O) groups is 1. The summed E-state index contributed by atoms with van der Waals surface area (Å²) in [4.78, 5) is 14.0. The Hall–Kier alpha value is -1.75. The number of hydrogen-bond donors (Lipinski definition) is 3. The van der Waals surface area contributed by atoms with E-state index < -0.39 is 0 Å². The third-order valence-corrected chi connectivity index (χ3v) is 3.61. The molecule has 0 bridgehead atoms. The highest BCUT2D eigenvalue weighted by Crippen LogP contribution is 2.31. The third kappa shape index (κ3) is 2.98. The number of aromatic nitrogens is 1. The lowest BCUT2D eigenvalue weighted by Crippen LogP contribution is -2.29. The SMILES string of the molecule is C=C(N)c1[nH]cc([C@H]2CC[C@@H](COC(C)=O)N2)c1C. The zero-order valence-electron chi connectivity index (χ0n) is 11.5. The van der Waals surface area contributed by atoms with Crippen molar-refractivity contribution in [1.29, 1.82) is 0 Å². The molecular formula is C14H21N3O2. The van der Waals surface area contributed by atoms with Crippen LogP contribution in [0.15, 0.2) is 12.8 Å². The minimum Gasteiger partial charge on any atom is -0.464 e. The summed E-state index contributed by atoms with van der Waals surface area (Å²) >= 11 is 0. The van der Waals surface area contributed by atoms with Gasteiger partial charge in [-0.3, -0.25) is 4.79 Å². The minimum absolute atomic E-state index is 0.229. The van der Waals surface area contributed by atoms with Crippen LogP contribution in [0.4, 0.5) is 0 Å². The zero-order valence-corrected chi connectivity index (χ0v) is 11.5. The molecule has 0 aliphatic carbocycles. The fraction of sp³-hybridized carbons (Fsp3) is 0.500. The average Bonchev–Trinajstić information content (AvgIpc) is 2.92. The second kappa shape index (κ2) is 5.48. The zero-order chi connectivity index (χ0) is 14.0. The molecular weight excluding hydrogens is 242 g/mol. The van der Waals surface area contributed by atoms with Gasteiger partial charge < -0.3 is 20.8 Å². The van der Waals surface area contributed by atoms with E-state index in [1.54, 1.807) is 0 Å². The second-order valence-corrected chi connectivity index (χ2v) is 5.07. The molecule has 0 radical (unpaired) electrons. The molecule has 1 aliphatic rings. The highest BCUT2D eigenvalue weighted by molar-refractivity contribution is 5.66. The number of ether oxygens (including phenoxy) is 1. The highest BCUT2D eigenvalue weighted by atomic mass is 16.5. The normalized spacial score (nSPS) is 22.4. The first-order valence-electron chi connectivity index (χ1n) is 6.51. The number of aromatic amines is 1. The lowest BCUT2D eigenvalue weighted by atomic mass is 10.0. The summed E-state index contributed by atoms with van der Waals surface area (Å²) < 4.78 is 5.04. The molecule has 1 saturated heterocycles. The highest BCUT2D eigenvalue weighted by Gasteiger charge is 2.27. The summed E-state index contributed by atoms with van der Waals surface area (Å²) in [6.45, 7) is 7.67. The van der Waals surface area contributed by atoms with Crippen molar-refractivity contribution in [2.45, 2.75) is 38.8 Å². The Balaban J connectivity index is 2.01. The van der Waals surface area contributed by atoms with Gasteiger partial charge >= 0.3 is 5.97 Å². The topological polar surface area (TPSA) is 80.1 Å². The van der Waals surface area contributed by atoms with Crippen molar-refractivity contribution in [3.63, 3.8) is 0 Å². The third-order valence-electron chi connectivity index (χ3n) is 3.61. The van der Waals surface area contributed by atoms with Gasteiger partial charge in [-0.15, -0.1) is 0 Å². The first kappa shape index (κ1) is 13.7. The van der Waals surface area contributed by atoms with Crippen molar-refractivity contribution in [1.82, 2.24) is 10.3 Å². The number of nitrogens with two attached hydrogens (primary N) is 1. The molecule has 19 heavy (non-hydrogen) atoms. The Morgan fingerprint density at radius 2 is 2.32 bits per heavy atom. The van der Waals surface area contributed by atoms with E-state index in [1.165, 1.54) is 12.5 Å². The van der Waals surface area contributed by atoms with Gasteiger partial charge in [0.05, 0.1) is 5.69 Å². The maximum atomic E-state index is 10.8. The van der Waals surface area contributed by atoms with Gasteiger partial charge in [0.25, 0.3) is 0 Å². The van der Waals surface area contributed by atoms with Crippen LogP contribution in [0.25, 0.3) is 5.70 Å². The van der Waals surface area contributed by atoms with Gasteiger partial charge in [-0.1, -0.05) is 6.58 Å². The van der Waals surface area contributed by atoms with Crippen molar-refractivity contribution in [3.8, 4) is 0 Å². The number of carbonyl (C=O) groups excluding carboxylic acids is 1. The Kier molecular flexibility index (Phi) is 3.95. The number of esters is 1. The van der Waals surface area contributed by atoms with E-state index in [4.69, 9.17) is 10.5 Å². The quantitative estimate of drug-likeness (QED) is 0.721. The van der Waals surface area contributed by atoms with Crippen LogP contribution in [0, 0.1) is 6.92 Å². The standard InChI is InChI=1S/C14H21N3O2/c1-8-12(6-16-14(8)9(2)15)13-5-4-11(17-13)7-19-10(3)18/h6,11,13,16-17H,2,4-5,7,15H2,1,3H3/t11-,13+/m0/s1. The van der Waals surface area contributed by atoms with E-state index in [0.29, 0.717) is 12.3 Å². The maximum absolute atomic E-state index is 10.8. The van der Waals surface area contributed by atoms with E-state index in [9.17, 15) is 4.79 Å². The molecule has 4 N–H and O–H groups in total. The molecule has 1 aliphatic heterocycles. The number of hydrogen-bond acceptors (Lipinski definition) is 4. The van der Waals surface area contributed by atoms with Crippen LogP contribution >= 0.6 is 0 Å². The molecule has 104 valence electrons. The Morgan fingerprint density at radius 3 is 2.89 bits per heavy atom. The summed E-state index contributed by atoms with van der Waals surface area (Å²) in [5, 5.41) is 3.49. The maximum Gasteiger partial charge on any atom is 0.302 e. The van der Waals surface area contributed by atoms with E-state index >= 15 is 0 Å². The van der Waals surface area contributed by atoms with Crippen molar-refractivity contribution in [2.75, 3.05) is 6.61 Å². The van der Waals surface area contributed by atoms with Crippen LogP contribution in [0.2, 0.25) is 0 Å². The van der Waals surface area contributed by atoms with Crippen LogP contribution in [-0.2, 0) is 9.53 Å². The molecule has 2 rings (SSSR count). The molecule has 5 heteroatoms. The van der Waals surface area contributed by atoms with Gasteiger partial charge in [0.2, 0.25) is 0 Å². The van der Waals surface area contributed by atoms with Crippen LogP contribution in [0.5, 0.6) is 0 Å². The molecule has 1 aromatic rings. The molecule has 0 spiro atoms. The monoisotopic (exact) mass is 263 g/mol. The predicted molar refractivity (Wildman–Crippen MR) is 74.3 cm³/mol. The fourth-order valence-electron chi connectivity index (χ4n) is 2.62. The van der Waals surface area contributed by atoms with Gasteiger partial charge in [-0.25, -0.2) is 0 Å². The lowest BCUT2D eigenvalue weighted by molar-refractivity contribution is -0.141. The molecule has 2 atom stereocenters. The molecule has 0 unspecified atom stereocenters. The lowest BCUT2D eigenvalue weighted by Gasteiger charge is -2.14. The second-order valence-electron chi connectivity index (χ2n) is 5.07. The summed E-state index contributed by atoms with van der Waals surface area (Å²) in [6, 6.07) is 0.512. The van der Waals surface area contributed by atoms with Crippen LogP contribution < -0.4 is 11.1 Å². The van der Waals surface area contributed by atoms with Gasteiger partial charge in [0.1, 0.15) is 6.61 Å².